The molecular formula is C15H16ClNO. The van der Waals surface area contributed by atoms with Crippen molar-refractivity contribution in [3.05, 3.63) is 64.7 Å². The molecule has 0 saturated carbocycles. The Labute approximate surface area is 112 Å². The van der Waals surface area contributed by atoms with Crippen LogP contribution in [0.15, 0.2) is 48.5 Å². The number of rotatable bonds is 4. The smallest absolute Gasteiger partial charge is 0.120 e. The van der Waals surface area contributed by atoms with Crippen LogP contribution in [0.25, 0.3) is 0 Å². The lowest BCUT2D eigenvalue weighted by Gasteiger charge is -2.15. The number of hydrogen-bond acceptors (Lipinski definition) is 2. The molecule has 0 amide bonds. The second-order valence-electron chi connectivity index (χ2n) is 4.28. The van der Waals surface area contributed by atoms with E-state index in [1.807, 2.05) is 42.5 Å². The molecule has 2 nitrogen and oxygen atoms in total. The molecule has 18 heavy (non-hydrogen) atoms. The van der Waals surface area contributed by atoms with Gasteiger partial charge in [0, 0.05) is 23.2 Å². The normalized spacial score (nSPS) is 12.3. The SMILES string of the molecule is CC(NCc1ccccc1O)c1ccc(Cl)cc1. The predicted octanol–water partition coefficient (Wildman–Crippen LogP) is 3.90. The van der Waals surface area contributed by atoms with Gasteiger partial charge < -0.3 is 10.4 Å². The van der Waals surface area contributed by atoms with Crippen molar-refractivity contribution in [2.75, 3.05) is 0 Å². The number of para-hydroxylation sites is 1. The molecule has 0 spiro atoms. The second kappa shape index (κ2) is 5.89. The summed E-state index contributed by atoms with van der Waals surface area (Å²) in [5.74, 6) is 0.327. The highest BCUT2D eigenvalue weighted by Gasteiger charge is 2.06. The lowest BCUT2D eigenvalue weighted by atomic mass is 10.1. The fourth-order valence-electron chi connectivity index (χ4n) is 1.79. The summed E-state index contributed by atoms with van der Waals surface area (Å²) in [6.07, 6.45) is 0. The van der Waals surface area contributed by atoms with E-state index in [9.17, 15) is 5.11 Å². The van der Waals surface area contributed by atoms with Gasteiger partial charge in [0.25, 0.3) is 0 Å². The van der Waals surface area contributed by atoms with Gasteiger partial charge in [-0.15, -0.1) is 0 Å². The van der Waals surface area contributed by atoms with Crippen LogP contribution < -0.4 is 5.32 Å². The molecule has 0 aliphatic carbocycles. The zero-order chi connectivity index (χ0) is 13.0. The quantitative estimate of drug-likeness (QED) is 0.875. The molecular weight excluding hydrogens is 246 g/mol. The van der Waals surface area contributed by atoms with E-state index >= 15 is 0 Å². The van der Waals surface area contributed by atoms with Crippen molar-refractivity contribution < 1.29 is 5.11 Å². The molecule has 0 saturated heterocycles. The van der Waals surface area contributed by atoms with Gasteiger partial charge in [0.15, 0.2) is 0 Å². The Morgan fingerprint density at radius 3 is 2.44 bits per heavy atom. The molecule has 2 rings (SSSR count). The van der Waals surface area contributed by atoms with Gasteiger partial charge in [-0.3, -0.25) is 0 Å². The van der Waals surface area contributed by atoms with Crippen molar-refractivity contribution in [2.45, 2.75) is 19.5 Å². The molecule has 0 fully saturated rings. The second-order valence-corrected chi connectivity index (χ2v) is 4.72. The first-order valence-corrected chi connectivity index (χ1v) is 6.30. The van der Waals surface area contributed by atoms with Crippen LogP contribution in [-0.2, 0) is 6.54 Å². The van der Waals surface area contributed by atoms with Crippen molar-refractivity contribution in [1.82, 2.24) is 5.32 Å². The van der Waals surface area contributed by atoms with Gasteiger partial charge >= 0.3 is 0 Å². The van der Waals surface area contributed by atoms with Crippen LogP contribution in [-0.4, -0.2) is 5.11 Å². The number of phenols is 1. The van der Waals surface area contributed by atoms with E-state index in [0.29, 0.717) is 12.3 Å². The Balaban J connectivity index is 1.98. The number of hydrogen-bond donors (Lipinski definition) is 2. The maximum absolute atomic E-state index is 9.67. The summed E-state index contributed by atoms with van der Waals surface area (Å²) < 4.78 is 0. The van der Waals surface area contributed by atoms with Crippen LogP contribution >= 0.6 is 11.6 Å². The van der Waals surface area contributed by atoms with Crippen molar-refractivity contribution in [3.8, 4) is 5.75 Å². The Bertz CT molecular complexity index is 510. The molecule has 2 aromatic carbocycles. The molecule has 94 valence electrons. The minimum atomic E-state index is 0.210. The number of halogens is 1. The van der Waals surface area contributed by atoms with E-state index in [-0.39, 0.29) is 6.04 Å². The fourth-order valence-corrected chi connectivity index (χ4v) is 1.92. The van der Waals surface area contributed by atoms with Crippen LogP contribution in [0.5, 0.6) is 5.75 Å². The van der Waals surface area contributed by atoms with E-state index in [4.69, 9.17) is 11.6 Å². The third-order valence-corrected chi connectivity index (χ3v) is 3.21. The van der Waals surface area contributed by atoms with E-state index in [1.165, 1.54) is 5.56 Å². The van der Waals surface area contributed by atoms with Crippen LogP contribution in [0.4, 0.5) is 0 Å². The summed E-state index contributed by atoms with van der Waals surface area (Å²) >= 11 is 5.86. The van der Waals surface area contributed by atoms with Crippen LogP contribution in [0.1, 0.15) is 24.1 Å². The standard InChI is InChI=1S/C15H16ClNO/c1-11(12-6-8-14(16)9-7-12)17-10-13-4-2-3-5-15(13)18/h2-9,11,17-18H,10H2,1H3. The van der Waals surface area contributed by atoms with E-state index in [0.717, 1.165) is 10.6 Å². The summed E-state index contributed by atoms with van der Waals surface area (Å²) in [7, 11) is 0. The van der Waals surface area contributed by atoms with Crippen molar-refractivity contribution in [2.24, 2.45) is 0 Å². The number of phenolic OH excluding ortho intramolecular Hbond substituents is 1. The maximum atomic E-state index is 9.67. The van der Waals surface area contributed by atoms with Crippen LogP contribution in [0, 0.1) is 0 Å². The topological polar surface area (TPSA) is 32.3 Å². The Kier molecular flexibility index (Phi) is 4.24. The Hall–Kier alpha value is -1.51. The third-order valence-electron chi connectivity index (χ3n) is 2.96. The summed E-state index contributed by atoms with van der Waals surface area (Å²) in [5.41, 5.74) is 2.08. The molecule has 0 aromatic heterocycles. The summed E-state index contributed by atoms with van der Waals surface area (Å²) in [6, 6.07) is 15.3. The predicted molar refractivity (Wildman–Crippen MR) is 74.8 cm³/mol. The lowest BCUT2D eigenvalue weighted by Crippen LogP contribution is -2.18. The van der Waals surface area contributed by atoms with E-state index in [1.54, 1.807) is 6.07 Å². The maximum Gasteiger partial charge on any atom is 0.120 e. The molecule has 2 N–H and O–H groups in total. The van der Waals surface area contributed by atoms with Gasteiger partial charge in [-0.05, 0) is 30.7 Å². The highest BCUT2D eigenvalue weighted by molar-refractivity contribution is 6.30. The van der Waals surface area contributed by atoms with E-state index in [2.05, 4.69) is 12.2 Å². The van der Waals surface area contributed by atoms with Crippen LogP contribution in [0.2, 0.25) is 5.02 Å². The molecule has 0 aliphatic rings. The van der Waals surface area contributed by atoms with E-state index < -0.39 is 0 Å². The number of aromatic hydroxyl groups is 1. The minimum Gasteiger partial charge on any atom is -0.508 e. The monoisotopic (exact) mass is 261 g/mol. The van der Waals surface area contributed by atoms with Crippen LogP contribution in [0.3, 0.4) is 0 Å². The summed E-state index contributed by atoms with van der Waals surface area (Å²) in [6.45, 7) is 2.72. The Morgan fingerprint density at radius 2 is 1.78 bits per heavy atom. The van der Waals surface area contributed by atoms with Gasteiger partial charge in [0.05, 0.1) is 0 Å². The number of benzene rings is 2. The van der Waals surface area contributed by atoms with Crippen molar-refractivity contribution in [1.29, 1.82) is 0 Å². The van der Waals surface area contributed by atoms with Gasteiger partial charge in [0.1, 0.15) is 5.75 Å². The molecule has 1 unspecified atom stereocenters. The highest BCUT2D eigenvalue weighted by Crippen LogP contribution is 2.19. The largest absolute Gasteiger partial charge is 0.508 e. The van der Waals surface area contributed by atoms with Gasteiger partial charge in [0.2, 0.25) is 0 Å². The minimum absolute atomic E-state index is 0.210. The average Bonchev–Trinajstić information content (AvgIpc) is 2.38. The molecule has 3 heteroatoms. The van der Waals surface area contributed by atoms with Crippen molar-refractivity contribution in [3.63, 3.8) is 0 Å². The first-order valence-electron chi connectivity index (χ1n) is 5.92. The van der Waals surface area contributed by atoms with Gasteiger partial charge in [-0.1, -0.05) is 41.9 Å². The fraction of sp³-hybridized carbons (Fsp3) is 0.200. The van der Waals surface area contributed by atoms with Crippen molar-refractivity contribution >= 4 is 11.6 Å². The van der Waals surface area contributed by atoms with Gasteiger partial charge in [-0.2, -0.15) is 0 Å². The number of nitrogens with one attached hydrogen (secondary N) is 1. The molecule has 0 bridgehead atoms. The molecule has 0 radical (unpaired) electrons. The average molecular weight is 262 g/mol. The first kappa shape index (κ1) is 12.9. The summed E-state index contributed by atoms with van der Waals surface area (Å²) in [5, 5.41) is 13.8. The highest BCUT2D eigenvalue weighted by atomic mass is 35.5. The third kappa shape index (κ3) is 3.25. The van der Waals surface area contributed by atoms with Gasteiger partial charge in [-0.25, -0.2) is 0 Å². The Morgan fingerprint density at radius 1 is 1.11 bits per heavy atom. The zero-order valence-electron chi connectivity index (χ0n) is 10.2. The molecule has 0 heterocycles. The zero-order valence-corrected chi connectivity index (χ0v) is 11.0. The molecule has 2 aromatic rings. The molecule has 1 atom stereocenters. The lowest BCUT2D eigenvalue weighted by molar-refractivity contribution is 0.460. The molecule has 0 aliphatic heterocycles. The summed E-state index contributed by atoms with van der Waals surface area (Å²) in [4.78, 5) is 0. The first-order chi connectivity index (χ1) is 8.66.